The molecule has 0 saturated carbocycles. The van der Waals surface area contributed by atoms with Gasteiger partial charge in [-0.3, -0.25) is 0 Å². The van der Waals surface area contributed by atoms with Gasteiger partial charge in [-0.25, -0.2) is 4.79 Å². The summed E-state index contributed by atoms with van der Waals surface area (Å²) in [6.45, 7) is -0.0383. The molecule has 3 nitrogen and oxygen atoms in total. The molecule has 0 heterocycles. The number of halogens is 3. The van der Waals surface area contributed by atoms with E-state index in [1.807, 2.05) is 0 Å². The number of carbonyl (C=O) groups excluding carboxylic acids is 1. The molecule has 0 aromatic rings. The Bertz CT molecular complexity index is 216. The first-order valence-electron chi connectivity index (χ1n) is 4.08. The lowest BCUT2D eigenvalue weighted by atomic mass is 10.5. The van der Waals surface area contributed by atoms with E-state index in [4.69, 9.17) is 5.11 Å². The topological polar surface area (TPSA) is 46.5 Å². The predicted octanol–water partition coefficient (Wildman–Crippen LogP) is 1.72. The molecule has 0 aromatic carbocycles. The molecule has 0 aliphatic heterocycles. The zero-order valence-electron chi connectivity index (χ0n) is 7.79. The first-order chi connectivity index (χ1) is 6.95. The highest BCUT2D eigenvalue weighted by Gasteiger charge is 2.26. The van der Waals surface area contributed by atoms with Crippen molar-refractivity contribution in [2.75, 3.05) is 19.0 Å². The quantitative estimate of drug-likeness (QED) is 0.439. The van der Waals surface area contributed by atoms with Crippen LogP contribution in [0.2, 0.25) is 0 Å². The van der Waals surface area contributed by atoms with Crippen molar-refractivity contribution in [2.24, 2.45) is 0 Å². The Labute approximate surface area is 89.3 Å². The van der Waals surface area contributed by atoms with Crippen LogP contribution in [0.5, 0.6) is 0 Å². The van der Waals surface area contributed by atoms with Crippen LogP contribution in [-0.2, 0) is 9.53 Å². The maximum Gasteiger partial charge on any atom is 0.398 e. The van der Waals surface area contributed by atoms with Crippen molar-refractivity contribution in [1.29, 1.82) is 0 Å². The molecule has 0 saturated heterocycles. The summed E-state index contributed by atoms with van der Waals surface area (Å²) >= 11 is 0.472. The van der Waals surface area contributed by atoms with Crippen molar-refractivity contribution in [1.82, 2.24) is 0 Å². The number of rotatable bonds is 6. The highest BCUT2D eigenvalue weighted by Crippen LogP contribution is 2.21. The first kappa shape index (κ1) is 14.3. The van der Waals surface area contributed by atoms with Crippen LogP contribution in [0, 0.1) is 0 Å². The van der Waals surface area contributed by atoms with Crippen LogP contribution in [0.4, 0.5) is 13.2 Å². The van der Waals surface area contributed by atoms with Gasteiger partial charge in [-0.2, -0.15) is 13.2 Å². The predicted molar refractivity (Wildman–Crippen MR) is 50.3 cm³/mol. The third kappa shape index (κ3) is 11.2. The lowest BCUT2D eigenvalue weighted by Gasteiger charge is -2.02. The first-order valence-corrected chi connectivity index (χ1v) is 5.13. The second-order valence-electron chi connectivity index (χ2n) is 2.47. The van der Waals surface area contributed by atoms with Gasteiger partial charge in [0.05, 0.1) is 12.4 Å². The molecule has 0 bridgehead atoms. The monoisotopic (exact) mass is 244 g/mol. The van der Waals surface area contributed by atoms with Crippen LogP contribution >= 0.6 is 11.8 Å². The number of esters is 1. The molecule has 0 amide bonds. The molecule has 15 heavy (non-hydrogen) atoms. The minimum absolute atomic E-state index is 0.0591. The molecule has 1 N–H and O–H groups in total. The van der Waals surface area contributed by atoms with Gasteiger partial charge in [0, 0.05) is 19.1 Å². The molecule has 0 unspecified atom stereocenters. The van der Waals surface area contributed by atoms with Crippen molar-refractivity contribution in [3.63, 3.8) is 0 Å². The maximum absolute atomic E-state index is 11.6. The number of hydrogen-bond donors (Lipinski definition) is 1. The molecule has 0 rings (SSSR count). The lowest BCUT2D eigenvalue weighted by Crippen LogP contribution is -2.10. The third-order valence-electron chi connectivity index (χ3n) is 1.09. The van der Waals surface area contributed by atoms with E-state index in [1.54, 1.807) is 0 Å². The summed E-state index contributed by atoms with van der Waals surface area (Å²) < 4.78 is 39.4. The number of ether oxygens (including phenoxy) is 1. The van der Waals surface area contributed by atoms with Gasteiger partial charge in [0.2, 0.25) is 0 Å². The third-order valence-corrected chi connectivity index (χ3v) is 1.92. The van der Waals surface area contributed by atoms with Gasteiger partial charge in [-0.1, -0.05) is 0 Å². The van der Waals surface area contributed by atoms with Crippen LogP contribution < -0.4 is 0 Å². The fourth-order valence-electron chi connectivity index (χ4n) is 0.532. The van der Waals surface area contributed by atoms with Gasteiger partial charge >= 0.3 is 12.1 Å². The second-order valence-corrected chi connectivity index (χ2v) is 3.37. The number of carbonyl (C=O) groups is 1. The molecule has 0 fully saturated rings. The highest BCUT2D eigenvalue weighted by atomic mass is 32.2. The van der Waals surface area contributed by atoms with E-state index >= 15 is 0 Å². The molecule has 0 spiro atoms. The summed E-state index contributed by atoms with van der Waals surface area (Å²) in [6, 6.07) is 0. The molecule has 0 atom stereocenters. The second kappa shape index (κ2) is 7.58. The number of thioether (sulfide) groups is 1. The van der Waals surface area contributed by atoms with Crippen LogP contribution in [0.15, 0.2) is 11.5 Å². The largest absolute Gasteiger partial charge is 0.462 e. The molecule has 0 aliphatic carbocycles. The SMILES string of the molecule is O=C(C=CSCC(F)(F)F)OCCCO. The Kier molecular flexibility index (Phi) is 7.23. The zero-order chi connectivity index (χ0) is 11.7. The fraction of sp³-hybridized carbons (Fsp3) is 0.625. The van der Waals surface area contributed by atoms with Gasteiger partial charge in [-0.05, 0) is 5.41 Å². The van der Waals surface area contributed by atoms with E-state index in [0.717, 1.165) is 11.5 Å². The molecular weight excluding hydrogens is 233 g/mol. The highest BCUT2D eigenvalue weighted by molar-refractivity contribution is 8.02. The minimum atomic E-state index is -4.24. The Balaban J connectivity index is 3.55. The summed E-state index contributed by atoms with van der Waals surface area (Å²) in [5.41, 5.74) is 0. The van der Waals surface area contributed by atoms with E-state index in [1.165, 1.54) is 0 Å². The van der Waals surface area contributed by atoms with Gasteiger partial charge in [0.25, 0.3) is 0 Å². The Morgan fingerprint density at radius 1 is 1.47 bits per heavy atom. The minimum Gasteiger partial charge on any atom is -0.462 e. The van der Waals surface area contributed by atoms with Crippen LogP contribution in [-0.4, -0.2) is 36.2 Å². The number of alkyl halides is 3. The molecule has 88 valence electrons. The number of aliphatic hydroxyl groups is 1. The Hall–Kier alpha value is -0.690. The van der Waals surface area contributed by atoms with E-state index < -0.39 is 17.9 Å². The van der Waals surface area contributed by atoms with Crippen molar-refractivity contribution in [2.45, 2.75) is 12.6 Å². The van der Waals surface area contributed by atoms with E-state index in [-0.39, 0.29) is 13.2 Å². The number of aliphatic hydroxyl groups excluding tert-OH is 1. The van der Waals surface area contributed by atoms with Crippen molar-refractivity contribution in [3.8, 4) is 0 Å². The van der Waals surface area contributed by atoms with Gasteiger partial charge < -0.3 is 9.84 Å². The van der Waals surface area contributed by atoms with E-state index in [0.29, 0.717) is 18.2 Å². The summed E-state index contributed by atoms with van der Waals surface area (Å²) in [4.78, 5) is 10.8. The van der Waals surface area contributed by atoms with Crippen molar-refractivity contribution in [3.05, 3.63) is 11.5 Å². The molecule has 0 aliphatic rings. The Morgan fingerprint density at radius 2 is 2.13 bits per heavy atom. The van der Waals surface area contributed by atoms with Crippen LogP contribution in [0.25, 0.3) is 0 Å². The molecule has 0 radical (unpaired) electrons. The lowest BCUT2D eigenvalue weighted by molar-refractivity contribution is -0.138. The van der Waals surface area contributed by atoms with Crippen molar-refractivity contribution >= 4 is 17.7 Å². The maximum atomic E-state index is 11.6. The van der Waals surface area contributed by atoms with E-state index in [2.05, 4.69) is 4.74 Å². The smallest absolute Gasteiger partial charge is 0.398 e. The van der Waals surface area contributed by atoms with Gasteiger partial charge in [0.1, 0.15) is 0 Å². The van der Waals surface area contributed by atoms with Gasteiger partial charge in [-0.15, -0.1) is 11.8 Å². The average Bonchev–Trinajstić information content (AvgIpc) is 2.11. The number of hydrogen-bond acceptors (Lipinski definition) is 4. The standard InChI is InChI=1S/C8H11F3O3S/c9-8(10,11)6-15-5-2-7(13)14-4-1-3-12/h2,5,12H,1,3-4,6H2. The summed E-state index contributed by atoms with van der Waals surface area (Å²) in [5, 5.41) is 9.38. The summed E-state index contributed by atoms with van der Waals surface area (Å²) in [5.74, 6) is -1.74. The summed E-state index contributed by atoms with van der Waals surface area (Å²) in [7, 11) is 0. The van der Waals surface area contributed by atoms with Gasteiger partial charge in [0.15, 0.2) is 0 Å². The molecule has 7 heteroatoms. The molecule has 0 aromatic heterocycles. The zero-order valence-corrected chi connectivity index (χ0v) is 8.61. The fourth-order valence-corrected chi connectivity index (χ4v) is 1.02. The average molecular weight is 244 g/mol. The Morgan fingerprint density at radius 3 is 2.67 bits per heavy atom. The van der Waals surface area contributed by atoms with Crippen molar-refractivity contribution < 1.29 is 27.8 Å². The van der Waals surface area contributed by atoms with Crippen LogP contribution in [0.3, 0.4) is 0 Å². The normalized spacial score (nSPS) is 12.0. The molecular formula is C8H11F3O3S. The van der Waals surface area contributed by atoms with Crippen LogP contribution in [0.1, 0.15) is 6.42 Å². The summed E-state index contributed by atoms with van der Waals surface area (Å²) in [6.07, 6.45) is -3.00. The van der Waals surface area contributed by atoms with E-state index in [9.17, 15) is 18.0 Å².